The number of ether oxygens (including phenoxy) is 1. The smallest absolute Gasteiger partial charge is 0.221 e. The number of carbonyl (C=O) groups is 1. The number of nitrogens with two attached hydrogens (primary N) is 1. The summed E-state index contributed by atoms with van der Waals surface area (Å²) in [7, 11) is 0. The molecule has 0 aliphatic heterocycles. The minimum Gasteiger partial charge on any atom is -0.478 e. The molecule has 4 heteroatoms. The van der Waals surface area contributed by atoms with Crippen LogP contribution in [0.3, 0.4) is 0 Å². The molecule has 1 aromatic rings. The summed E-state index contributed by atoms with van der Waals surface area (Å²) in [5, 5.41) is 0. The molecule has 0 atom stereocenters. The number of hydrogen-bond donors (Lipinski definition) is 1. The lowest BCUT2D eigenvalue weighted by Gasteiger charge is -2.01. The van der Waals surface area contributed by atoms with Crippen LogP contribution >= 0.6 is 0 Å². The number of rotatable bonds is 4. The highest BCUT2D eigenvalue weighted by molar-refractivity contribution is 5.76. The third-order valence-electron chi connectivity index (χ3n) is 1.47. The van der Waals surface area contributed by atoms with Crippen molar-refractivity contribution < 1.29 is 9.53 Å². The van der Waals surface area contributed by atoms with E-state index in [1.807, 2.05) is 6.92 Å². The highest BCUT2D eigenvalue weighted by atomic mass is 16.5. The van der Waals surface area contributed by atoms with Crippen molar-refractivity contribution in [2.45, 2.75) is 13.3 Å². The molecule has 1 aromatic heterocycles. The number of amides is 1. The number of nitrogens with zero attached hydrogens (tertiary/aromatic N) is 1. The van der Waals surface area contributed by atoms with Gasteiger partial charge in [0, 0.05) is 12.3 Å². The van der Waals surface area contributed by atoms with Gasteiger partial charge in [-0.1, -0.05) is 6.07 Å². The van der Waals surface area contributed by atoms with Crippen molar-refractivity contribution in [3.05, 3.63) is 23.9 Å². The molecule has 1 amide bonds. The van der Waals surface area contributed by atoms with E-state index >= 15 is 0 Å². The first-order chi connectivity index (χ1) is 6.22. The lowest BCUT2D eigenvalue weighted by molar-refractivity contribution is -0.117. The first kappa shape index (κ1) is 9.51. The zero-order valence-electron chi connectivity index (χ0n) is 7.49. The molecule has 0 bridgehead atoms. The van der Waals surface area contributed by atoms with Crippen molar-refractivity contribution in [1.29, 1.82) is 0 Å². The number of pyridine rings is 1. The Labute approximate surface area is 76.7 Å². The van der Waals surface area contributed by atoms with Crippen LogP contribution in [0.4, 0.5) is 0 Å². The summed E-state index contributed by atoms with van der Waals surface area (Å²) in [5.74, 6) is 0.210. The third kappa shape index (κ3) is 3.11. The normalized spacial score (nSPS) is 9.62. The second kappa shape index (κ2) is 4.45. The van der Waals surface area contributed by atoms with Crippen molar-refractivity contribution in [1.82, 2.24) is 4.98 Å². The summed E-state index contributed by atoms with van der Waals surface area (Å²) >= 11 is 0. The van der Waals surface area contributed by atoms with Gasteiger partial charge in [0.15, 0.2) is 0 Å². The monoisotopic (exact) mass is 180 g/mol. The summed E-state index contributed by atoms with van der Waals surface area (Å²) in [6, 6.07) is 3.50. The fraction of sp³-hybridized carbons (Fsp3) is 0.333. The Morgan fingerprint density at radius 1 is 1.62 bits per heavy atom. The molecule has 1 rings (SSSR count). The van der Waals surface area contributed by atoms with Crippen molar-refractivity contribution in [3.8, 4) is 5.88 Å². The van der Waals surface area contributed by atoms with Crippen LogP contribution < -0.4 is 10.5 Å². The van der Waals surface area contributed by atoms with Gasteiger partial charge in [0.25, 0.3) is 0 Å². The summed E-state index contributed by atoms with van der Waals surface area (Å²) in [4.78, 5) is 14.5. The van der Waals surface area contributed by atoms with Crippen LogP contribution in [0.5, 0.6) is 5.88 Å². The van der Waals surface area contributed by atoms with E-state index in [0.717, 1.165) is 5.56 Å². The molecule has 13 heavy (non-hydrogen) atoms. The first-order valence-electron chi connectivity index (χ1n) is 4.08. The second-order valence-corrected chi connectivity index (χ2v) is 2.58. The van der Waals surface area contributed by atoms with E-state index in [0.29, 0.717) is 12.5 Å². The fourth-order valence-corrected chi connectivity index (χ4v) is 0.950. The van der Waals surface area contributed by atoms with Crippen LogP contribution in [0.15, 0.2) is 18.3 Å². The summed E-state index contributed by atoms with van der Waals surface area (Å²) in [6.45, 7) is 2.47. The van der Waals surface area contributed by atoms with Gasteiger partial charge in [-0.15, -0.1) is 0 Å². The van der Waals surface area contributed by atoms with Crippen molar-refractivity contribution in [3.63, 3.8) is 0 Å². The van der Waals surface area contributed by atoms with Gasteiger partial charge < -0.3 is 10.5 Å². The predicted molar refractivity (Wildman–Crippen MR) is 48.3 cm³/mol. The van der Waals surface area contributed by atoms with Crippen LogP contribution in [-0.2, 0) is 11.2 Å². The van der Waals surface area contributed by atoms with Gasteiger partial charge in [-0.3, -0.25) is 4.79 Å². The average molecular weight is 180 g/mol. The van der Waals surface area contributed by atoms with Gasteiger partial charge >= 0.3 is 0 Å². The minimum atomic E-state index is -0.356. The molecule has 0 aliphatic carbocycles. The van der Waals surface area contributed by atoms with Crippen molar-refractivity contribution in [2.24, 2.45) is 5.73 Å². The van der Waals surface area contributed by atoms with Crippen molar-refractivity contribution in [2.75, 3.05) is 6.61 Å². The van der Waals surface area contributed by atoms with E-state index in [9.17, 15) is 4.79 Å². The maximum atomic E-state index is 10.5. The molecule has 2 N–H and O–H groups in total. The average Bonchev–Trinajstić information content (AvgIpc) is 2.08. The Kier molecular flexibility index (Phi) is 3.25. The molecule has 0 spiro atoms. The zero-order chi connectivity index (χ0) is 9.68. The van der Waals surface area contributed by atoms with E-state index < -0.39 is 0 Å². The van der Waals surface area contributed by atoms with E-state index in [4.69, 9.17) is 10.5 Å². The van der Waals surface area contributed by atoms with Crippen LogP contribution in [0.2, 0.25) is 0 Å². The van der Waals surface area contributed by atoms with E-state index in [1.54, 1.807) is 18.3 Å². The van der Waals surface area contributed by atoms with Gasteiger partial charge in [0.1, 0.15) is 0 Å². The maximum absolute atomic E-state index is 10.5. The Bertz CT molecular complexity index is 282. The van der Waals surface area contributed by atoms with Crippen molar-refractivity contribution >= 4 is 5.91 Å². The molecule has 4 nitrogen and oxygen atoms in total. The summed E-state index contributed by atoms with van der Waals surface area (Å²) in [5.41, 5.74) is 5.83. The fourth-order valence-electron chi connectivity index (χ4n) is 0.950. The highest BCUT2D eigenvalue weighted by Crippen LogP contribution is 2.07. The lowest BCUT2D eigenvalue weighted by atomic mass is 10.2. The number of primary amides is 1. The minimum absolute atomic E-state index is 0.222. The molecular formula is C9H12N2O2. The van der Waals surface area contributed by atoms with E-state index in [1.165, 1.54) is 0 Å². The third-order valence-corrected chi connectivity index (χ3v) is 1.47. The number of hydrogen-bond acceptors (Lipinski definition) is 3. The Morgan fingerprint density at radius 3 is 2.85 bits per heavy atom. The van der Waals surface area contributed by atoms with Crippen LogP contribution in [0.25, 0.3) is 0 Å². The summed E-state index contributed by atoms with van der Waals surface area (Å²) < 4.78 is 5.14. The molecule has 0 unspecified atom stereocenters. The van der Waals surface area contributed by atoms with Crippen LogP contribution in [0, 0.1) is 0 Å². The molecule has 0 saturated heterocycles. The largest absolute Gasteiger partial charge is 0.478 e. The Balaban J connectivity index is 2.64. The molecule has 0 aromatic carbocycles. The van der Waals surface area contributed by atoms with Gasteiger partial charge in [-0.2, -0.15) is 0 Å². The molecule has 1 heterocycles. The topological polar surface area (TPSA) is 65.2 Å². The Hall–Kier alpha value is -1.58. The number of aromatic nitrogens is 1. The second-order valence-electron chi connectivity index (χ2n) is 2.58. The van der Waals surface area contributed by atoms with Gasteiger partial charge in [0.05, 0.1) is 13.0 Å². The maximum Gasteiger partial charge on any atom is 0.221 e. The number of carbonyl (C=O) groups excluding carboxylic acids is 1. The molecular weight excluding hydrogens is 168 g/mol. The van der Waals surface area contributed by atoms with Crippen LogP contribution in [-0.4, -0.2) is 17.5 Å². The first-order valence-corrected chi connectivity index (χ1v) is 4.08. The van der Waals surface area contributed by atoms with Gasteiger partial charge in [-0.05, 0) is 12.5 Å². The van der Waals surface area contributed by atoms with E-state index in [2.05, 4.69) is 4.98 Å². The molecule has 0 saturated carbocycles. The zero-order valence-corrected chi connectivity index (χ0v) is 7.49. The predicted octanol–water partition coefficient (Wildman–Crippen LogP) is 0.508. The lowest BCUT2D eigenvalue weighted by Crippen LogP contribution is -2.13. The van der Waals surface area contributed by atoms with Crippen LogP contribution in [0.1, 0.15) is 12.5 Å². The molecule has 0 aliphatic rings. The Morgan fingerprint density at radius 2 is 2.38 bits per heavy atom. The molecule has 0 fully saturated rings. The summed E-state index contributed by atoms with van der Waals surface area (Å²) in [6.07, 6.45) is 1.81. The highest BCUT2D eigenvalue weighted by Gasteiger charge is 1.99. The molecule has 0 radical (unpaired) electrons. The quantitative estimate of drug-likeness (QED) is 0.734. The van der Waals surface area contributed by atoms with Gasteiger partial charge in [0.2, 0.25) is 11.8 Å². The van der Waals surface area contributed by atoms with E-state index in [-0.39, 0.29) is 12.3 Å². The molecule has 70 valence electrons. The van der Waals surface area contributed by atoms with Gasteiger partial charge in [-0.25, -0.2) is 4.98 Å². The SMILES string of the molecule is CCOc1ccc(CC(N)=O)cn1. The standard InChI is InChI=1S/C9H12N2O2/c1-2-13-9-4-3-7(6-11-9)5-8(10)12/h3-4,6H,2,5H2,1H3,(H2,10,12).